The number of amides is 1. The summed E-state index contributed by atoms with van der Waals surface area (Å²) in [6.07, 6.45) is 5.83. The van der Waals surface area contributed by atoms with Gasteiger partial charge in [0.15, 0.2) is 0 Å². The van der Waals surface area contributed by atoms with E-state index in [2.05, 4.69) is 44.5 Å². The number of halogens is 2. The first-order valence-electron chi connectivity index (χ1n) is 8.46. The van der Waals surface area contributed by atoms with Crippen molar-refractivity contribution >= 4 is 30.7 Å². The van der Waals surface area contributed by atoms with Crippen LogP contribution in [-0.2, 0) is 29.0 Å². The van der Waals surface area contributed by atoms with E-state index in [0.29, 0.717) is 26.3 Å². The van der Waals surface area contributed by atoms with Crippen LogP contribution in [-0.4, -0.2) is 41.3 Å². The predicted molar refractivity (Wildman–Crippen MR) is 106 cm³/mol. The lowest BCUT2D eigenvalue weighted by molar-refractivity contribution is -0.126. The molecule has 1 saturated heterocycles. The second-order valence-electron chi connectivity index (χ2n) is 5.93. The summed E-state index contributed by atoms with van der Waals surface area (Å²) in [6, 6.07) is 10.2. The number of morpholine rings is 1. The van der Waals surface area contributed by atoms with E-state index < -0.39 is 0 Å². The zero-order valence-electron chi connectivity index (χ0n) is 14.6. The SMILES string of the molecule is Cl.Cl.O=C(NCc1nccn1CCCc1ccccc1)C1COCCN1. The molecule has 0 radical (unpaired) electrons. The van der Waals surface area contributed by atoms with E-state index in [9.17, 15) is 4.79 Å². The van der Waals surface area contributed by atoms with Gasteiger partial charge in [-0.25, -0.2) is 4.98 Å². The van der Waals surface area contributed by atoms with Crippen molar-refractivity contribution in [3.05, 3.63) is 54.1 Å². The molecule has 2 heterocycles. The van der Waals surface area contributed by atoms with Gasteiger partial charge in [0, 0.05) is 25.5 Å². The second-order valence-corrected chi connectivity index (χ2v) is 5.93. The molecule has 0 saturated carbocycles. The third-order valence-electron chi connectivity index (χ3n) is 4.17. The molecule has 1 aliphatic rings. The maximum Gasteiger partial charge on any atom is 0.239 e. The fourth-order valence-electron chi connectivity index (χ4n) is 2.83. The van der Waals surface area contributed by atoms with E-state index in [4.69, 9.17) is 4.74 Å². The summed E-state index contributed by atoms with van der Waals surface area (Å²) in [5.74, 6) is 0.849. The summed E-state index contributed by atoms with van der Waals surface area (Å²) in [6.45, 7) is 3.14. The van der Waals surface area contributed by atoms with Gasteiger partial charge in [0.05, 0.1) is 19.8 Å². The van der Waals surface area contributed by atoms with Crippen molar-refractivity contribution in [2.75, 3.05) is 19.8 Å². The van der Waals surface area contributed by atoms with Gasteiger partial charge >= 0.3 is 0 Å². The van der Waals surface area contributed by atoms with Crippen molar-refractivity contribution in [2.24, 2.45) is 0 Å². The van der Waals surface area contributed by atoms with Crippen LogP contribution in [0.25, 0.3) is 0 Å². The molecule has 1 atom stereocenters. The van der Waals surface area contributed by atoms with Crippen LogP contribution in [0, 0.1) is 0 Å². The quantitative estimate of drug-likeness (QED) is 0.745. The van der Waals surface area contributed by atoms with Gasteiger partial charge in [-0.3, -0.25) is 4.79 Å². The number of imidazole rings is 1. The van der Waals surface area contributed by atoms with Gasteiger partial charge in [-0.15, -0.1) is 24.8 Å². The third-order valence-corrected chi connectivity index (χ3v) is 4.17. The van der Waals surface area contributed by atoms with Crippen LogP contribution in [0.2, 0.25) is 0 Å². The first-order chi connectivity index (χ1) is 11.8. The Balaban J connectivity index is 0.00000169. The Labute approximate surface area is 166 Å². The number of ether oxygens (including phenoxy) is 1. The molecule has 3 rings (SSSR count). The minimum Gasteiger partial charge on any atom is -0.378 e. The second kappa shape index (κ2) is 11.9. The molecule has 0 spiro atoms. The smallest absolute Gasteiger partial charge is 0.239 e. The molecule has 1 unspecified atom stereocenters. The fourth-order valence-corrected chi connectivity index (χ4v) is 2.83. The van der Waals surface area contributed by atoms with E-state index in [1.165, 1.54) is 5.56 Å². The molecule has 0 aliphatic carbocycles. The van der Waals surface area contributed by atoms with Gasteiger partial charge in [0.1, 0.15) is 11.9 Å². The number of aromatic nitrogens is 2. The predicted octanol–water partition coefficient (Wildman–Crippen LogP) is 1.96. The molecule has 1 aliphatic heterocycles. The summed E-state index contributed by atoms with van der Waals surface area (Å²) in [5, 5.41) is 6.09. The van der Waals surface area contributed by atoms with E-state index in [1.54, 1.807) is 6.20 Å². The van der Waals surface area contributed by atoms with Gasteiger partial charge in [-0.05, 0) is 18.4 Å². The van der Waals surface area contributed by atoms with Crippen LogP contribution in [0.3, 0.4) is 0 Å². The Morgan fingerprint density at radius 2 is 2.12 bits per heavy atom. The van der Waals surface area contributed by atoms with Gasteiger partial charge in [0.25, 0.3) is 0 Å². The van der Waals surface area contributed by atoms with Crippen molar-refractivity contribution < 1.29 is 9.53 Å². The van der Waals surface area contributed by atoms with Crippen LogP contribution >= 0.6 is 24.8 Å². The molecule has 1 aromatic carbocycles. The lowest BCUT2D eigenvalue weighted by Gasteiger charge is -2.22. The number of nitrogens with zero attached hydrogens (tertiary/aromatic N) is 2. The van der Waals surface area contributed by atoms with Crippen molar-refractivity contribution in [3.63, 3.8) is 0 Å². The zero-order valence-corrected chi connectivity index (χ0v) is 16.2. The summed E-state index contributed by atoms with van der Waals surface area (Å²) in [7, 11) is 0. The Hall–Kier alpha value is -1.60. The van der Waals surface area contributed by atoms with Crippen LogP contribution < -0.4 is 10.6 Å². The molecule has 2 N–H and O–H groups in total. The number of rotatable bonds is 7. The minimum atomic E-state index is -0.264. The van der Waals surface area contributed by atoms with E-state index in [1.807, 2.05) is 12.3 Å². The van der Waals surface area contributed by atoms with Crippen molar-refractivity contribution in [3.8, 4) is 0 Å². The number of benzene rings is 1. The van der Waals surface area contributed by atoms with Crippen molar-refractivity contribution in [1.29, 1.82) is 0 Å². The lowest BCUT2D eigenvalue weighted by Crippen LogP contribution is -2.51. The van der Waals surface area contributed by atoms with Gasteiger partial charge in [0.2, 0.25) is 5.91 Å². The average molecular weight is 401 g/mol. The fraction of sp³-hybridized carbons (Fsp3) is 0.444. The molecule has 1 amide bonds. The molecular weight excluding hydrogens is 375 g/mol. The summed E-state index contributed by atoms with van der Waals surface area (Å²) < 4.78 is 7.42. The molecule has 6 nitrogen and oxygen atoms in total. The van der Waals surface area contributed by atoms with Crippen molar-refractivity contribution in [2.45, 2.75) is 32.0 Å². The highest BCUT2D eigenvalue weighted by Crippen LogP contribution is 2.06. The number of aryl methyl sites for hydroxylation is 2. The van der Waals surface area contributed by atoms with Crippen LogP contribution in [0.4, 0.5) is 0 Å². The number of carbonyl (C=O) groups excluding carboxylic acids is 1. The normalized spacial score (nSPS) is 16.2. The summed E-state index contributed by atoms with van der Waals surface area (Å²) in [4.78, 5) is 16.5. The van der Waals surface area contributed by atoms with Crippen molar-refractivity contribution in [1.82, 2.24) is 20.2 Å². The highest BCUT2D eigenvalue weighted by Gasteiger charge is 2.21. The lowest BCUT2D eigenvalue weighted by atomic mass is 10.1. The van der Waals surface area contributed by atoms with E-state index in [0.717, 1.165) is 25.2 Å². The topological polar surface area (TPSA) is 68.2 Å². The molecule has 144 valence electrons. The first-order valence-corrected chi connectivity index (χ1v) is 8.46. The molecule has 2 aromatic rings. The van der Waals surface area contributed by atoms with Gasteiger partial charge in [-0.1, -0.05) is 30.3 Å². The molecule has 1 aromatic heterocycles. The number of hydrogen-bond donors (Lipinski definition) is 2. The first kappa shape index (κ1) is 22.4. The third kappa shape index (κ3) is 6.61. The Morgan fingerprint density at radius 1 is 1.31 bits per heavy atom. The number of nitrogens with one attached hydrogen (secondary N) is 2. The van der Waals surface area contributed by atoms with E-state index >= 15 is 0 Å². The Morgan fingerprint density at radius 3 is 2.85 bits per heavy atom. The largest absolute Gasteiger partial charge is 0.378 e. The standard InChI is InChI=1S/C18H24N4O2.2ClH/c23-18(16-14-24-12-9-19-16)21-13-17-20-8-11-22(17)10-4-7-15-5-2-1-3-6-15;;/h1-3,5-6,8,11,16,19H,4,7,9-10,12-14H2,(H,21,23);2*1H. The zero-order chi connectivity index (χ0) is 16.6. The van der Waals surface area contributed by atoms with Crippen LogP contribution in [0.1, 0.15) is 17.8 Å². The summed E-state index contributed by atoms with van der Waals surface area (Å²) in [5.41, 5.74) is 1.34. The van der Waals surface area contributed by atoms with Crippen LogP contribution in [0.15, 0.2) is 42.7 Å². The monoisotopic (exact) mass is 400 g/mol. The van der Waals surface area contributed by atoms with Crippen LogP contribution in [0.5, 0.6) is 0 Å². The summed E-state index contributed by atoms with van der Waals surface area (Å²) >= 11 is 0. The minimum absolute atomic E-state index is 0. The number of hydrogen-bond acceptors (Lipinski definition) is 4. The maximum absolute atomic E-state index is 12.1. The average Bonchev–Trinajstić information content (AvgIpc) is 3.09. The number of carbonyl (C=O) groups is 1. The van der Waals surface area contributed by atoms with E-state index in [-0.39, 0.29) is 36.8 Å². The molecule has 1 fully saturated rings. The Bertz CT molecular complexity index is 646. The highest BCUT2D eigenvalue weighted by molar-refractivity contribution is 5.85. The molecule has 0 bridgehead atoms. The molecule has 26 heavy (non-hydrogen) atoms. The molecular formula is C18H26Cl2N4O2. The van der Waals surface area contributed by atoms with Gasteiger partial charge < -0.3 is 19.9 Å². The highest BCUT2D eigenvalue weighted by atomic mass is 35.5. The Kier molecular flexibility index (Phi) is 10.3. The maximum atomic E-state index is 12.1. The molecule has 8 heteroatoms. The van der Waals surface area contributed by atoms with Gasteiger partial charge in [-0.2, -0.15) is 0 Å².